The average Bonchev–Trinajstić information content (AvgIpc) is 3.14. The van der Waals surface area contributed by atoms with Gasteiger partial charge in [0.2, 0.25) is 0 Å². The summed E-state index contributed by atoms with van der Waals surface area (Å²) in [6.07, 6.45) is 2.51. The molecule has 0 saturated heterocycles. The van der Waals surface area contributed by atoms with Crippen molar-refractivity contribution in [1.82, 2.24) is 14.6 Å². The third kappa shape index (κ3) is 5.27. The van der Waals surface area contributed by atoms with Gasteiger partial charge in [-0.05, 0) is 49.9 Å². The van der Waals surface area contributed by atoms with Crippen molar-refractivity contribution in [1.29, 1.82) is 0 Å². The molecule has 2 aromatic heterocycles. The number of hydrogen-bond donors (Lipinski definition) is 3. The van der Waals surface area contributed by atoms with E-state index < -0.39 is 0 Å². The Hall–Kier alpha value is -2.83. The smallest absolute Gasteiger partial charge is 0.261 e. The fourth-order valence-electron chi connectivity index (χ4n) is 4.17. The highest BCUT2D eigenvalue weighted by Gasteiger charge is 2.32. The molecule has 2 heterocycles. The van der Waals surface area contributed by atoms with Crippen LogP contribution in [0.1, 0.15) is 77.9 Å². The van der Waals surface area contributed by atoms with Gasteiger partial charge >= 0.3 is 0 Å². The van der Waals surface area contributed by atoms with Crippen molar-refractivity contribution in [2.75, 3.05) is 10.6 Å². The zero-order valence-electron chi connectivity index (χ0n) is 19.8. The van der Waals surface area contributed by atoms with Crippen LogP contribution >= 0.6 is 0 Å². The topological polar surface area (TPSA) is 74.2 Å². The molecule has 0 radical (unpaired) electrons. The molecule has 0 fully saturated rings. The number of nitrogens with zero attached hydrogens (tertiary/aromatic N) is 2. The lowest BCUT2D eigenvalue weighted by Crippen LogP contribution is -2.36. The van der Waals surface area contributed by atoms with Crippen LogP contribution in [0.3, 0.4) is 0 Å². The molecule has 0 aliphatic rings. The van der Waals surface area contributed by atoms with Gasteiger partial charge in [0.15, 0.2) is 0 Å². The van der Waals surface area contributed by atoms with E-state index in [1.807, 2.05) is 0 Å². The summed E-state index contributed by atoms with van der Waals surface area (Å²) >= 11 is 0. The number of carbonyl (C=O) groups is 1. The Kier molecular flexibility index (Phi) is 5.67. The fourth-order valence-corrected chi connectivity index (χ4v) is 4.17. The van der Waals surface area contributed by atoms with Crippen LogP contribution in [0, 0.1) is 11.2 Å². The molecule has 3 aromatic rings. The van der Waals surface area contributed by atoms with Gasteiger partial charge in [0.05, 0.1) is 11.9 Å². The van der Waals surface area contributed by atoms with Gasteiger partial charge in [0.1, 0.15) is 22.8 Å². The summed E-state index contributed by atoms with van der Waals surface area (Å²) in [5, 5.41) is 11.0. The largest absolute Gasteiger partial charge is 0.364 e. The SMILES string of the molecule is CC(C)(C)CC(C)(C)Nc1c(C(C)(C)C)[nH]c2c(C(=O)Nc3ccc(F)cc3)cnn12. The van der Waals surface area contributed by atoms with E-state index in [1.54, 1.807) is 10.7 Å². The molecule has 0 bridgehead atoms. The number of fused-ring (bicyclic) bond motifs is 1. The molecule has 0 spiro atoms. The number of H-pyrrole nitrogens is 1. The molecular weight excluding hydrogens is 393 g/mol. The second-order valence-corrected chi connectivity index (χ2v) is 11.1. The molecule has 6 nitrogen and oxygen atoms in total. The molecule has 0 saturated carbocycles. The van der Waals surface area contributed by atoms with E-state index in [1.165, 1.54) is 24.3 Å². The highest BCUT2D eigenvalue weighted by molar-refractivity contribution is 6.08. The highest BCUT2D eigenvalue weighted by Crippen LogP contribution is 2.35. The first-order valence-corrected chi connectivity index (χ1v) is 10.6. The second kappa shape index (κ2) is 7.70. The molecule has 168 valence electrons. The molecule has 3 N–H and O–H groups in total. The summed E-state index contributed by atoms with van der Waals surface area (Å²) in [6, 6.07) is 5.69. The predicted molar refractivity (Wildman–Crippen MR) is 124 cm³/mol. The van der Waals surface area contributed by atoms with Gasteiger partial charge in [-0.3, -0.25) is 4.79 Å². The molecule has 0 unspecified atom stereocenters. The summed E-state index contributed by atoms with van der Waals surface area (Å²) in [5.41, 5.74) is 2.33. The van der Waals surface area contributed by atoms with E-state index >= 15 is 0 Å². The summed E-state index contributed by atoms with van der Waals surface area (Å²) < 4.78 is 14.9. The Labute approximate surface area is 183 Å². The molecule has 1 aromatic carbocycles. The molecule has 31 heavy (non-hydrogen) atoms. The number of halogens is 1. The van der Waals surface area contributed by atoms with E-state index in [0.717, 1.165) is 17.9 Å². The lowest BCUT2D eigenvalue weighted by Gasteiger charge is -2.34. The Balaban J connectivity index is 2.00. The molecule has 7 heteroatoms. The standard InChI is InChI=1S/C24H34FN5O/c1-22(2,3)14-24(7,8)29-20-18(23(4,5)6)28-19-17(13-26-30(19)20)21(31)27-16-11-9-15(25)10-12-16/h9-13,28-29H,14H2,1-8H3,(H,27,31). The summed E-state index contributed by atoms with van der Waals surface area (Å²) in [6.45, 7) is 17.4. The Morgan fingerprint density at radius 3 is 2.23 bits per heavy atom. The van der Waals surface area contributed by atoms with Crippen LogP contribution in [-0.2, 0) is 5.41 Å². The van der Waals surface area contributed by atoms with Gasteiger partial charge in [-0.15, -0.1) is 0 Å². The van der Waals surface area contributed by atoms with Gasteiger partial charge in [0, 0.05) is 16.6 Å². The van der Waals surface area contributed by atoms with Crippen molar-refractivity contribution >= 4 is 23.1 Å². The van der Waals surface area contributed by atoms with Crippen LogP contribution < -0.4 is 10.6 Å². The summed E-state index contributed by atoms with van der Waals surface area (Å²) in [7, 11) is 0. The molecule has 1 amide bonds. The van der Waals surface area contributed by atoms with E-state index in [4.69, 9.17) is 0 Å². The average molecular weight is 428 g/mol. The lowest BCUT2D eigenvalue weighted by molar-refractivity contribution is 0.102. The van der Waals surface area contributed by atoms with Crippen molar-refractivity contribution in [3.05, 3.63) is 47.5 Å². The number of hydrogen-bond acceptors (Lipinski definition) is 3. The van der Waals surface area contributed by atoms with Crippen LogP contribution in [0.25, 0.3) is 5.65 Å². The van der Waals surface area contributed by atoms with E-state index in [9.17, 15) is 9.18 Å². The van der Waals surface area contributed by atoms with Crippen molar-refractivity contribution < 1.29 is 9.18 Å². The quantitative estimate of drug-likeness (QED) is 0.469. The Morgan fingerprint density at radius 2 is 1.68 bits per heavy atom. The van der Waals surface area contributed by atoms with Gasteiger partial charge in [-0.2, -0.15) is 9.61 Å². The normalized spacial score (nSPS) is 12.9. The number of rotatable bonds is 5. The predicted octanol–water partition coefficient (Wildman–Crippen LogP) is 5.98. The van der Waals surface area contributed by atoms with Gasteiger partial charge in [-0.1, -0.05) is 41.5 Å². The van der Waals surface area contributed by atoms with Crippen molar-refractivity contribution in [3.63, 3.8) is 0 Å². The maximum atomic E-state index is 13.2. The number of carbonyl (C=O) groups excluding carboxylic acids is 1. The Bertz CT molecular complexity index is 1080. The van der Waals surface area contributed by atoms with Crippen LogP contribution in [0.2, 0.25) is 0 Å². The zero-order chi connectivity index (χ0) is 23.2. The van der Waals surface area contributed by atoms with Crippen molar-refractivity contribution in [2.45, 2.75) is 72.8 Å². The van der Waals surface area contributed by atoms with Crippen LogP contribution in [-0.4, -0.2) is 26.0 Å². The minimum Gasteiger partial charge on any atom is -0.364 e. The zero-order valence-corrected chi connectivity index (χ0v) is 19.8. The van der Waals surface area contributed by atoms with Gasteiger partial charge < -0.3 is 15.6 Å². The highest BCUT2D eigenvalue weighted by atomic mass is 19.1. The van der Waals surface area contributed by atoms with Gasteiger partial charge in [-0.25, -0.2) is 4.39 Å². The molecule has 3 rings (SSSR count). The number of aromatic nitrogens is 3. The van der Waals surface area contributed by atoms with Crippen LogP contribution in [0.15, 0.2) is 30.5 Å². The molecule has 0 aliphatic carbocycles. The lowest BCUT2D eigenvalue weighted by atomic mass is 9.81. The van der Waals surface area contributed by atoms with Crippen molar-refractivity contribution in [3.8, 4) is 0 Å². The monoisotopic (exact) mass is 427 g/mol. The van der Waals surface area contributed by atoms with E-state index in [0.29, 0.717) is 16.9 Å². The minimum atomic E-state index is -0.348. The maximum Gasteiger partial charge on any atom is 0.261 e. The first-order valence-electron chi connectivity index (χ1n) is 10.6. The first-order chi connectivity index (χ1) is 14.2. The number of imidazole rings is 1. The van der Waals surface area contributed by atoms with Crippen LogP contribution in [0.4, 0.5) is 15.9 Å². The van der Waals surface area contributed by atoms with E-state index in [-0.39, 0.29) is 28.1 Å². The fraction of sp³-hybridized carbons (Fsp3) is 0.500. The van der Waals surface area contributed by atoms with Gasteiger partial charge in [0.25, 0.3) is 5.91 Å². The molecular formula is C24H34FN5O. The number of amides is 1. The Morgan fingerprint density at radius 1 is 1.06 bits per heavy atom. The molecule has 0 aliphatic heterocycles. The van der Waals surface area contributed by atoms with Crippen LogP contribution in [0.5, 0.6) is 0 Å². The second-order valence-electron chi connectivity index (χ2n) is 11.1. The minimum absolute atomic E-state index is 0.151. The third-order valence-electron chi connectivity index (χ3n) is 4.99. The van der Waals surface area contributed by atoms with Crippen molar-refractivity contribution in [2.24, 2.45) is 5.41 Å². The summed E-state index contributed by atoms with van der Waals surface area (Å²) in [4.78, 5) is 16.3. The first kappa shape index (κ1) is 22.8. The maximum absolute atomic E-state index is 13.2. The third-order valence-corrected chi connectivity index (χ3v) is 4.99. The molecule has 0 atom stereocenters. The summed E-state index contributed by atoms with van der Waals surface area (Å²) in [5.74, 6) is 0.208. The number of anilines is 2. The number of benzene rings is 1. The number of nitrogens with one attached hydrogen (secondary N) is 3. The van der Waals surface area contributed by atoms with E-state index in [2.05, 4.69) is 76.1 Å². The number of aromatic amines is 1.